The molecule has 528 valence electrons. The molecule has 0 spiro atoms. The first-order valence-electron chi connectivity index (χ1n) is 35.0. The summed E-state index contributed by atoms with van der Waals surface area (Å²) in [6.07, 6.45) is 12.7. The van der Waals surface area contributed by atoms with Crippen LogP contribution in [0.3, 0.4) is 0 Å². The lowest BCUT2D eigenvalue weighted by Gasteiger charge is -2.30. The second-order valence-electron chi connectivity index (χ2n) is 27.5. The predicted molar refractivity (Wildman–Crippen MR) is 419 cm³/mol. The summed E-state index contributed by atoms with van der Waals surface area (Å²) in [4.78, 5) is 3.42. The summed E-state index contributed by atoms with van der Waals surface area (Å²) in [6.45, 7) is 33.9. The SMILES string of the molecule is CCC1CNc2c(N)c(C)cc(N)c2C1.CCCC1CNc2c(N)c(C)cc(N)c2C1.CCCCC1CNc2c(N)c(C)cc(N)c2C1.CCN(CC)CC1COc2c(N)cc(C)c(N)c2S1.COC1CNc2c(N)c(C)cc(N)c2C1.Cc1cc(N)c2c(c1N)NCC(C)C2. The van der Waals surface area contributed by atoms with Crippen molar-refractivity contribution in [2.75, 3.05) is 161 Å². The number of nitrogen functional groups attached to an aromatic ring is 12. The Morgan fingerprint density at radius 3 is 1.22 bits per heavy atom. The van der Waals surface area contributed by atoms with Gasteiger partial charge in [-0.3, -0.25) is 0 Å². The maximum absolute atomic E-state index is 6.16. The minimum absolute atomic E-state index is 0.182. The van der Waals surface area contributed by atoms with Crippen LogP contribution in [0, 0.1) is 65.2 Å². The van der Waals surface area contributed by atoms with Crippen LogP contribution in [0.1, 0.15) is 141 Å². The summed E-state index contributed by atoms with van der Waals surface area (Å²) in [7, 11) is 1.71. The molecule has 21 heteroatoms. The molecule has 0 aromatic heterocycles. The molecule has 6 heterocycles. The molecule has 0 radical (unpaired) electrons. The van der Waals surface area contributed by atoms with E-state index in [1.54, 1.807) is 18.9 Å². The highest BCUT2D eigenvalue weighted by Gasteiger charge is 2.29. The minimum atomic E-state index is 0.182. The van der Waals surface area contributed by atoms with E-state index < -0.39 is 0 Å². The number of nitrogens with two attached hydrogens (primary N) is 12. The zero-order valence-corrected chi connectivity index (χ0v) is 61.0. The zero-order chi connectivity index (χ0) is 70.4. The summed E-state index contributed by atoms with van der Waals surface area (Å²) in [5.41, 5.74) is 100. The number of hydrogen-bond acceptors (Lipinski definition) is 21. The maximum Gasteiger partial charge on any atom is 0.157 e. The highest BCUT2D eigenvalue weighted by Crippen LogP contribution is 2.47. The van der Waals surface area contributed by atoms with Gasteiger partial charge in [-0.25, -0.2) is 0 Å². The Labute approximate surface area is 578 Å². The smallest absolute Gasteiger partial charge is 0.157 e. The first kappa shape index (κ1) is 75.4. The van der Waals surface area contributed by atoms with Gasteiger partial charge in [-0.1, -0.05) is 67.2 Å². The van der Waals surface area contributed by atoms with Crippen molar-refractivity contribution in [1.82, 2.24) is 4.90 Å². The van der Waals surface area contributed by atoms with Crippen LogP contribution in [0.5, 0.6) is 5.75 Å². The normalized spacial score (nSPS) is 19.1. The van der Waals surface area contributed by atoms with E-state index in [2.05, 4.69) is 73.0 Å². The van der Waals surface area contributed by atoms with E-state index in [1.807, 2.05) is 77.9 Å². The van der Waals surface area contributed by atoms with Crippen molar-refractivity contribution in [2.45, 2.75) is 170 Å². The van der Waals surface area contributed by atoms with Crippen LogP contribution in [-0.2, 0) is 36.8 Å². The van der Waals surface area contributed by atoms with E-state index in [0.717, 1.165) is 225 Å². The molecule has 0 amide bonds. The standard InChI is InChI=1S/C14H23N3OS.C14H23N3.C13H21N3.C12H19N3.C11H17N3O.C11H17N3/c1-4-17(5-2)7-10-8-18-13-11(15)6-9(3)12(16)14(13)19-10;1-3-4-5-10-7-11-12(15)6-9(2)13(16)14(11)17-8-10;1-3-4-9-6-10-11(14)5-8(2)12(15)13(10)16-7-9;1-3-8-5-9-10(13)4-7(2)11(14)12(9)15-6-8;1-6-3-9(12)8-4-7(15-2)5-14-11(8)10(6)13;1-6-3-8-9(12)4-7(2)10(13)11(8)14-5-6/h6,10H,4-5,7-8,15-16H2,1-3H3;6,10,17H,3-5,7-8,15-16H2,1-2H3;5,9,16H,3-4,6-7,14-15H2,1-2H3;4,8,15H,3,5-6,13-14H2,1-2H3;3,7,14H,4-5,12-13H2,1-2H3;4,6,14H,3,5,12-13H2,1-2H3. The van der Waals surface area contributed by atoms with Gasteiger partial charge in [0.15, 0.2) is 5.75 Å². The van der Waals surface area contributed by atoms with E-state index in [0.29, 0.717) is 41.2 Å². The molecule has 6 aromatic carbocycles. The number of ether oxygens (including phenoxy) is 2. The topological polar surface area (TPSA) is 394 Å². The maximum atomic E-state index is 6.16. The first-order valence-corrected chi connectivity index (χ1v) is 35.9. The largest absolute Gasteiger partial charge is 0.489 e. The number of benzene rings is 6. The molecule has 6 aromatic rings. The highest BCUT2D eigenvalue weighted by molar-refractivity contribution is 8.00. The van der Waals surface area contributed by atoms with Gasteiger partial charge in [0.1, 0.15) is 6.61 Å². The molecule has 12 rings (SSSR count). The lowest BCUT2D eigenvalue weighted by Crippen LogP contribution is -2.35. The number of nitrogens with one attached hydrogen (secondary N) is 5. The van der Waals surface area contributed by atoms with Gasteiger partial charge in [-0.05, 0) is 187 Å². The Morgan fingerprint density at radius 1 is 0.448 bits per heavy atom. The van der Waals surface area contributed by atoms with Crippen LogP contribution in [0.25, 0.3) is 0 Å². The lowest BCUT2D eigenvalue weighted by molar-refractivity contribution is 0.111. The van der Waals surface area contributed by atoms with E-state index in [1.165, 1.54) is 60.8 Å². The van der Waals surface area contributed by atoms with Gasteiger partial charge in [-0.2, -0.15) is 0 Å². The van der Waals surface area contributed by atoms with Crippen LogP contribution in [0.2, 0.25) is 0 Å². The fourth-order valence-electron chi connectivity index (χ4n) is 13.7. The van der Waals surface area contributed by atoms with E-state index in [-0.39, 0.29) is 6.10 Å². The van der Waals surface area contributed by atoms with Crippen molar-refractivity contribution in [3.8, 4) is 5.75 Å². The Balaban J connectivity index is 0.000000163. The van der Waals surface area contributed by atoms with E-state index >= 15 is 0 Å². The van der Waals surface area contributed by atoms with Crippen molar-refractivity contribution in [3.05, 3.63) is 97.6 Å². The second-order valence-corrected chi connectivity index (χ2v) is 28.8. The number of anilines is 17. The molecule has 0 fully saturated rings. The van der Waals surface area contributed by atoms with Crippen molar-refractivity contribution >= 4 is 108 Å². The summed E-state index contributed by atoms with van der Waals surface area (Å²) in [6, 6.07) is 11.7. The number of fused-ring (bicyclic) bond motifs is 6. The summed E-state index contributed by atoms with van der Waals surface area (Å²) in [5.74, 6) is 3.48. The quantitative estimate of drug-likeness (QED) is 0.0536. The molecular formula is C75H120N18O2S. The Morgan fingerprint density at radius 2 is 0.812 bits per heavy atom. The molecule has 20 nitrogen and oxygen atoms in total. The van der Waals surface area contributed by atoms with Crippen LogP contribution < -0.4 is 100 Å². The molecule has 0 aliphatic carbocycles. The molecule has 6 unspecified atom stereocenters. The summed E-state index contributed by atoms with van der Waals surface area (Å²) in [5, 5.41) is 17.4. The number of aryl methyl sites for hydroxylation is 6. The van der Waals surface area contributed by atoms with Crippen LogP contribution in [-0.4, -0.2) is 82.3 Å². The molecule has 6 aliphatic rings. The first-order chi connectivity index (χ1) is 45.7. The monoisotopic (exact) mass is 1340 g/mol. The van der Waals surface area contributed by atoms with Gasteiger partial charge in [0.25, 0.3) is 0 Å². The molecule has 0 saturated heterocycles. The van der Waals surface area contributed by atoms with Crippen LogP contribution in [0.15, 0.2) is 41.3 Å². The summed E-state index contributed by atoms with van der Waals surface area (Å²) < 4.78 is 11.2. The summed E-state index contributed by atoms with van der Waals surface area (Å²) >= 11 is 1.80. The average Bonchev–Trinajstić information content (AvgIpc) is 0.845. The Kier molecular flexibility index (Phi) is 26.9. The number of thioether (sulfide) groups is 1. The molecule has 6 aliphatic heterocycles. The molecular weight excluding hydrogens is 1220 g/mol. The number of nitrogens with zero attached hydrogens (tertiary/aromatic N) is 1. The highest BCUT2D eigenvalue weighted by atomic mass is 32.2. The van der Waals surface area contributed by atoms with Gasteiger partial charge >= 0.3 is 0 Å². The predicted octanol–water partition coefficient (Wildman–Crippen LogP) is 12.9. The van der Waals surface area contributed by atoms with Crippen molar-refractivity contribution in [2.24, 2.45) is 23.7 Å². The van der Waals surface area contributed by atoms with Gasteiger partial charge in [0, 0.05) is 109 Å². The van der Waals surface area contributed by atoms with E-state index in [9.17, 15) is 0 Å². The Bertz CT molecular complexity index is 3550. The van der Waals surface area contributed by atoms with Crippen molar-refractivity contribution in [3.63, 3.8) is 0 Å². The molecule has 0 saturated carbocycles. The molecule has 29 N–H and O–H groups in total. The van der Waals surface area contributed by atoms with Crippen LogP contribution in [0.4, 0.5) is 96.7 Å². The fourth-order valence-corrected chi connectivity index (χ4v) is 15.1. The number of hydrogen-bond donors (Lipinski definition) is 17. The number of methoxy groups -OCH3 is 1. The minimum Gasteiger partial charge on any atom is -0.489 e. The Hall–Kier alpha value is -8.01. The third kappa shape index (κ3) is 18.2. The van der Waals surface area contributed by atoms with Crippen molar-refractivity contribution < 1.29 is 9.47 Å². The second kappa shape index (κ2) is 34.3. The number of rotatable bonds is 11. The van der Waals surface area contributed by atoms with Crippen LogP contribution >= 0.6 is 11.8 Å². The fraction of sp³-hybridized carbons (Fsp3) is 0.520. The van der Waals surface area contributed by atoms with Gasteiger partial charge in [0.05, 0.1) is 84.5 Å². The van der Waals surface area contributed by atoms with Gasteiger partial charge < -0.3 is 110 Å². The number of unbranched alkanes of at least 4 members (excludes halogenated alkanes) is 1. The average molecular weight is 1340 g/mol. The third-order valence-electron chi connectivity index (χ3n) is 20.0. The van der Waals surface area contributed by atoms with Gasteiger partial charge in [0.2, 0.25) is 0 Å². The molecule has 6 atom stereocenters. The van der Waals surface area contributed by atoms with E-state index in [4.69, 9.17) is 78.3 Å². The molecule has 96 heavy (non-hydrogen) atoms. The lowest BCUT2D eigenvalue weighted by atomic mass is 9.88. The van der Waals surface area contributed by atoms with Gasteiger partial charge in [-0.15, -0.1) is 11.8 Å². The third-order valence-corrected chi connectivity index (χ3v) is 21.3. The van der Waals surface area contributed by atoms with Crippen molar-refractivity contribution in [1.29, 1.82) is 0 Å². The zero-order valence-electron chi connectivity index (χ0n) is 60.2. The molecule has 0 bridgehead atoms.